The average Bonchev–Trinajstić information content (AvgIpc) is 2.70. The molecule has 0 radical (unpaired) electrons. The van der Waals surface area contributed by atoms with Crippen LogP contribution in [0, 0.1) is 0 Å². The smallest absolute Gasteiger partial charge is 0.351 e. The van der Waals surface area contributed by atoms with Crippen LogP contribution in [0.3, 0.4) is 0 Å². The van der Waals surface area contributed by atoms with Crippen molar-refractivity contribution in [3.63, 3.8) is 0 Å². The fourth-order valence-electron chi connectivity index (χ4n) is 1.58. The number of carbonyl (C=O) groups is 1. The summed E-state index contributed by atoms with van der Waals surface area (Å²) in [6.45, 7) is 0.852. The van der Waals surface area contributed by atoms with Gasteiger partial charge in [0.25, 0.3) is 5.91 Å². The minimum atomic E-state index is -4.59. The second kappa shape index (κ2) is 5.47. The quantitative estimate of drug-likeness (QED) is 0.710. The lowest BCUT2D eigenvalue weighted by atomic mass is 10.1. The Morgan fingerprint density at radius 3 is 2.69 bits per heavy atom. The maximum atomic E-state index is 12.5. The molecule has 0 aliphatic carbocycles. The highest BCUT2D eigenvalue weighted by atomic mass is 19.3. The molecule has 1 atom stereocenters. The summed E-state index contributed by atoms with van der Waals surface area (Å²) in [5.41, 5.74) is 0. The molecule has 0 spiro atoms. The first-order valence-corrected chi connectivity index (χ1v) is 5.12. The van der Waals surface area contributed by atoms with Crippen LogP contribution in [0.1, 0.15) is 19.3 Å². The summed E-state index contributed by atoms with van der Waals surface area (Å²) in [7, 11) is 0. The summed E-state index contributed by atoms with van der Waals surface area (Å²) < 4.78 is 48.5. The Bertz CT molecular complexity index is 242. The zero-order valence-corrected chi connectivity index (χ0v) is 8.61. The lowest BCUT2D eigenvalue weighted by Gasteiger charge is -2.16. The Hall–Kier alpha value is -0.850. The van der Waals surface area contributed by atoms with Crippen molar-refractivity contribution in [3.05, 3.63) is 0 Å². The van der Waals surface area contributed by atoms with Gasteiger partial charge in [-0.15, -0.1) is 0 Å². The topological polar surface area (TPSA) is 41.1 Å². The molecule has 7 heteroatoms. The molecule has 1 amide bonds. The molecule has 1 rings (SSSR count). The van der Waals surface area contributed by atoms with Gasteiger partial charge in [-0.05, 0) is 25.8 Å². The van der Waals surface area contributed by atoms with Crippen LogP contribution >= 0.6 is 0 Å². The minimum Gasteiger partial charge on any atom is -0.351 e. The second-order valence-corrected chi connectivity index (χ2v) is 3.76. The average molecular weight is 242 g/mol. The van der Waals surface area contributed by atoms with Crippen LogP contribution in [-0.4, -0.2) is 37.4 Å². The van der Waals surface area contributed by atoms with E-state index in [1.54, 1.807) is 0 Å². The lowest BCUT2D eigenvalue weighted by molar-refractivity contribution is -0.169. The van der Waals surface area contributed by atoms with Crippen LogP contribution in [0.4, 0.5) is 17.6 Å². The van der Waals surface area contributed by atoms with Crippen molar-refractivity contribution in [2.75, 3.05) is 13.1 Å². The zero-order valence-electron chi connectivity index (χ0n) is 8.61. The molecule has 0 aromatic rings. The largest absolute Gasteiger partial charge is 0.383 e. The molecular weight excluding hydrogens is 228 g/mol. The molecule has 2 N–H and O–H groups in total. The van der Waals surface area contributed by atoms with Crippen molar-refractivity contribution in [1.82, 2.24) is 10.6 Å². The maximum absolute atomic E-state index is 12.5. The molecule has 1 heterocycles. The van der Waals surface area contributed by atoms with E-state index in [9.17, 15) is 22.4 Å². The summed E-state index contributed by atoms with van der Waals surface area (Å²) in [5.74, 6) is -6.50. The Labute approximate surface area is 90.6 Å². The molecule has 1 fully saturated rings. The highest BCUT2D eigenvalue weighted by Crippen LogP contribution is 2.22. The summed E-state index contributed by atoms with van der Waals surface area (Å²) in [6.07, 6.45) is -1.56. The van der Waals surface area contributed by atoms with Gasteiger partial charge < -0.3 is 10.6 Å². The first-order valence-electron chi connectivity index (χ1n) is 5.12. The van der Waals surface area contributed by atoms with Crippen molar-refractivity contribution < 1.29 is 22.4 Å². The van der Waals surface area contributed by atoms with Gasteiger partial charge in [-0.3, -0.25) is 4.79 Å². The SMILES string of the molecule is O=C(NCC[C@@H]1CCCN1)C(F)(F)C(F)F. The van der Waals surface area contributed by atoms with Gasteiger partial charge in [-0.1, -0.05) is 0 Å². The van der Waals surface area contributed by atoms with Gasteiger partial charge in [-0.2, -0.15) is 8.78 Å². The van der Waals surface area contributed by atoms with Gasteiger partial charge in [0, 0.05) is 12.6 Å². The molecule has 94 valence electrons. The van der Waals surface area contributed by atoms with E-state index in [-0.39, 0.29) is 12.6 Å². The van der Waals surface area contributed by atoms with E-state index in [2.05, 4.69) is 5.32 Å². The molecule has 1 aliphatic rings. The van der Waals surface area contributed by atoms with Crippen LogP contribution in [0.15, 0.2) is 0 Å². The molecule has 0 aromatic heterocycles. The Morgan fingerprint density at radius 1 is 1.50 bits per heavy atom. The fourth-order valence-corrected chi connectivity index (χ4v) is 1.58. The fraction of sp³-hybridized carbons (Fsp3) is 0.889. The number of hydrogen-bond acceptors (Lipinski definition) is 2. The van der Waals surface area contributed by atoms with Crippen LogP contribution < -0.4 is 10.6 Å². The van der Waals surface area contributed by atoms with E-state index in [1.807, 2.05) is 5.32 Å². The lowest BCUT2D eigenvalue weighted by Crippen LogP contribution is -2.46. The minimum absolute atomic E-state index is 0.0151. The van der Waals surface area contributed by atoms with Gasteiger partial charge in [0.05, 0.1) is 0 Å². The highest BCUT2D eigenvalue weighted by Gasteiger charge is 2.48. The number of hydrogen-bond donors (Lipinski definition) is 2. The van der Waals surface area contributed by atoms with Crippen LogP contribution in [0.5, 0.6) is 0 Å². The Kier molecular flexibility index (Phi) is 4.52. The highest BCUT2D eigenvalue weighted by molar-refractivity contribution is 5.83. The molecule has 0 aromatic carbocycles. The third-order valence-corrected chi connectivity index (χ3v) is 2.52. The van der Waals surface area contributed by atoms with Gasteiger partial charge in [0.1, 0.15) is 0 Å². The molecule has 3 nitrogen and oxygen atoms in total. The number of carbonyl (C=O) groups excluding carboxylic acids is 1. The molecule has 16 heavy (non-hydrogen) atoms. The molecular formula is C9H14F4N2O. The second-order valence-electron chi connectivity index (χ2n) is 3.76. The van der Waals surface area contributed by atoms with E-state index >= 15 is 0 Å². The summed E-state index contributed by atoms with van der Waals surface area (Å²) in [6, 6.07) is 0.181. The van der Waals surface area contributed by atoms with Crippen LogP contribution in [0.2, 0.25) is 0 Å². The third kappa shape index (κ3) is 3.33. The summed E-state index contributed by atoms with van der Waals surface area (Å²) >= 11 is 0. The van der Waals surface area contributed by atoms with Gasteiger partial charge in [0.2, 0.25) is 0 Å². The van der Waals surface area contributed by atoms with E-state index < -0.39 is 18.3 Å². The van der Waals surface area contributed by atoms with Crippen molar-refractivity contribution in [1.29, 1.82) is 0 Å². The predicted molar refractivity (Wildman–Crippen MR) is 49.6 cm³/mol. The summed E-state index contributed by atoms with van der Waals surface area (Å²) in [4.78, 5) is 10.7. The van der Waals surface area contributed by atoms with Crippen molar-refractivity contribution in [2.24, 2.45) is 0 Å². The molecule has 1 aliphatic heterocycles. The summed E-state index contributed by atoms with van der Waals surface area (Å²) in [5, 5.41) is 4.93. The maximum Gasteiger partial charge on any atom is 0.383 e. The monoisotopic (exact) mass is 242 g/mol. The predicted octanol–water partition coefficient (Wildman–Crippen LogP) is 1.15. The number of alkyl halides is 4. The van der Waals surface area contributed by atoms with Crippen molar-refractivity contribution >= 4 is 5.91 Å². The number of halogens is 4. The van der Waals surface area contributed by atoms with E-state index in [0.717, 1.165) is 19.4 Å². The molecule has 0 unspecified atom stereocenters. The van der Waals surface area contributed by atoms with E-state index in [1.165, 1.54) is 0 Å². The van der Waals surface area contributed by atoms with Crippen molar-refractivity contribution in [3.8, 4) is 0 Å². The molecule has 0 saturated carbocycles. The molecule has 1 saturated heterocycles. The van der Waals surface area contributed by atoms with Crippen LogP contribution in [-0.2, 0) is 4.79 Å². The standard InChI is InChI=1S/C9H14F4N2O/c10-7(11)9(12,13)8(16)15-5-3-6-2-1-4-14-6/h6-7,14H,1-5H2,(H,15,16)/t6-/m0/s1. The molecule has 0 bridgehead atoms. The van der Waals surface area contributed by atoms with Crippen LogP contribution in [0.25, 0.3) is 0 Å². The Balaban J connectivity index is 2.24. The van der Waals surface area contributed by atoms with Gasteiger partial charge in [-0.25, -0.2) is 8.78 Å². The third-order valence-electron chi connectivity index (χ3n) is 2.52. The zero-order chi connectivity index (χ0) is 12.2. The first-order chi connectivity index (χ1) is 7.44. The normalized spacial score (nSPS) is 21.4. The van der Waals surface area contributed by atoms with E-state index in [0.29, 0.717) is 6.42 Å². The van der Waals surface area contributed by atoms with Gasteiger partial charge in [0.15, 0.2) is 0 Å². The number of amides is 1. The van der Waals surface area contributed by atoms with Gasteiger partial charge >= 0.3 is 12.3 Å². The van der Waals surface area contributed by atoms with Crippen molar-refractivity contribution in [2.45, 2.75) is 37.7 Å². The number of rotatable bonds is 5. The van der Waals surface area contributed by atoms with E-state index in [4.69, 9.17) is 0 Å². The Morgan fingerprint density at radius 2 is 2.19 bits per heavy atom. The number of nitrogens with one attached hydrogen (secondary N) is 2. The first kappa shape index (κ1) is 13.2.